The minimum Gasteiger partial charge on any atom is -0.457 e. The second kappa shape index (κ2) is 10.5. The SMILES string of the molecule is O=C(CN1CCN(C(=O)/C=C/c2ccc(-c3ccccc3F)o2)CC1)Nc1ccccc1Cl. The number of halogens is 2. The lowest BCUT2D eigenvalue weighted by atomic mass is 10.1. The first-order chi connectivity index (χ1) is 16.0. The summed E-state index contributed by atoms with van der Waals surface area (Å²) in [6.07, 6.45) is 3.03. The number of benzene rings is 2. The summed E-state index contributed by atoms with van der Waals surface area (Å²) in [4.78, 5) is 28.5. The van der Waals surface area contributed by atoms with Crippen LogP contribution in [0, 0.1) is 5.82 Å². The molecule has 1 aliphatic heterocycles. The van der Waals surface area contributed by atoms with Crippen molar-refractivity contribution in [2.24, 2.45) is 0 Å². The van der Waals surface area contributed by atoms with Crippen molar-refractivity contribution in [2.45, 2.75) is 0 Å². The van der Waals surface area contributed by atoms with Crippen LogP contribution < -0.4 is 5.32 Å². The van der Waals surface area contributed by atoms with Crippen LogP contribution in [0.2, 0.25) is 5.02 Å². The van der Waals surface area contributed by atoms with E-state index >= 15 is 0 Å². The number of carbonyl (C=O) groups excluding carboxylic acids is 2. The Balaban J connectivity index is 1.26. The molecule has 0 spiro atoms. The van der Waals surface area contributed by atoms with E-state index in [0.29, 0.717) is 54.0 Å². The van der Waals surface area contributed by atoms with Gasteiger partial charge < -0.3 is 14.6 Å². The van der Waals surface area contributed by atoms with Gasteiger partial charge >= 0.3 is 0 Å². The largest absolute Gasteiger partial charge is 0.457 e. The lowest BCUT2D eigenvalue weighted by Crippen LogP contribution is -2.50. The van der Waals surface area contributed by atoms with Gasteiger partial charge in [0.1, 0.15) is 17.3 Å². The molecule has 1 N–H and O–H groups in total. The Bertz CT molecular complexity index is 1170. The molecule has 1 fully saturated rings. The number of para-hydroxylation sites is 1. The predicted octanol–water partition coefficient (Wildman–Crippen LogP) is 4.54. The molecule has 2 amide bonds. The van der Waals surface area contributed by atoms with Gasteiger partial charge in [0.2, 0.25) is 11.8 Å². The van der Waals surface area contributed by atoms with Crippen LogP contribution in [-0.2, 0) is 9.59 Å². The van der Waals surface area contributed by atoms with Crippen LogP contribution >= 0.6 is 11.6 Å². The lowest BCUT2D eigenvalue weighted by Gasteiger charge is -2.33. The minimum absolute atomic E-state index is 0.140. The summed E-state index contributed by atoms with van der Waals surface area (Å²) >= 11 is 6.08. The van der Waals surface area contributed by atoms with Crippen LogP contribution in [0.15, 0.2) is 71.2 Å². The van der Waals surface area contributed by atoms with Gasteiger partial charge in [-0.25, -0.2) is 4.39 Å². The number of carbonyl (C=O) groups is 2. The highest BCUT2D eigenvalue weighted by Gasteiger charge is 2.21. The van der Waals surface area contributed by atoms with Crippen LogP contribution in [0.1, 0.15) is 5.76 Å². The highest BCUT2D eigenvalue weighted by molar-refractivity contribution is 6.33. The quantitative estimate of drug-likeness (QED) is 0.541. The second-order valence-corrected chi connectivity index (χ2v) is 8.05. The average Bonchev–Trinajstić information content (AvgIpc) is 3.28. The van der Waals surface area contributed by atoms with E-state index in [1.165, 1.54) is 12.1 Å². The molecule has 6 nitrogen and oxygen atoms in total. The Morgan fingerprint density at radius 2 is 1.73 bits per heavy atom. The molecule has 2 aromatic carbocycles. The van der Waals surface area contributed by atoms with Crippen molar-refractivity contribution < 1.29 is 18.4 Å². The number of anilines is 1. The number of hydrogen-bond donors (Lipinski definition) is 1. The van der Waals surface area contributed by atoms with Gasteiger partial charge in [-0.15, -0.1) is 0 Å². The Kier molecular flexibility index (Phi) is 7.22. The smallest absolute Gasteiger partial charge is 0.246 e. The molecule has 33 heavy (non-hydrogen) atoms. The van der Waals surface area contributed by atoms with Crippen LogP contribution in [0.25, 0.3) is 17.4 Å². The molecule has 1 aromatic heterocycles. The molecule has 1 saturated heterocycles. The van der Waals surface area contributed by atoms with Crippen LogP contribution in [0.5, 0.6) is 0 Å². The zero-order valence-electron chi connectivity index (χ0n) is 17.8. The van der Waals surface area contributed by atoms with Gasteiger partial charge in [0.25, 0.3) is 0 Å². The van der Waals surface area contributed by atoms with Gasteiger partial charge in [0.05, 0.1) is 22.8 Å². The summed E-state index contributed by atoms with van der Waals surface area (Å²) in [6, 6.07) is 16.8. The highest BCUT2D eigenvalue weighted by atomic mass is 35.5. The van der Waals surface area contributed by atoms with E-state index in [2.05, 4.69) is 5.32 Å². The minimum atomic E-state index is -0.364. The standard InChI is InChI=1S/C25H23ClFN3O3/c26-20-6-2-4-8-22(20)28-24(31)17-29-13-15-30(16-14-29)25(32)12-10-18-9-11-23(33-18)19-5-1-3-7-21(19)27/h1-12H,13-17H2,(H,28,31)/b12-10+. The lowest BCUT2D eigenvalue weighted by molar-refractivity contribution is -0.127. The maximum Gasteiger partial charge on any atom is 0.246 e. The maximum absolute atomic E-state index is 13.9. The molecular formula is C25H23ClFN3O3. The Hall–Kier alpha value is -3.42. The third-order valence-corrected chi connectivity index (χ3v) is 5.68. The van der Waals surface area contributed by atoms with Crippen LogP contribution in [0.4, 0.5) is 10.1 Å². The van der Waals surface area contributed by atoms with E-state index in [1.807, 2.05) is 11.0 Å². The molecular weight excluding hydrogens is 445 g/mol. The highest BCUT2D eigenvalue weighted by Crippen LogP contribution is 2.25. The van der Waals surface area contributed by atoms with Crippen LogP contribution in [0.3, 0.4) is 0 Å². The van der Waals surface area contributed by atoms with Gasteiger partial charge in [-0.3, -0.25) is 14.5 Å². The van der Waals surface area contributed by atoms with Crippen molar-refractivity contribution in [3.05, 3.63) is 83.3 Å². The molecule has 0 atom stereocenters. The number of amides is 2. The first kappa shape index (κ1) is 22.8. The summed E-state index contributed by atoms with van der Waals surface area (Å²) < 4.78 is 19.6. The summed E-state index contributed by atoms with van der Waals surface area (Å²) in [5.74, 6) is 0.225. The third kappa shape index (κ3) is 5.88. The van der Waals surface area contributed by atoms with E-state index in [0.717, 1.165) is 0 Å². The van der Waals surface area contributed by atoms with Crippen LogP contribution in [-0.4, -0.2) is 54.3 Å². The van der Waals surface area contributed by atoms with Crippen molar-refractivity contribution in [1.29, 1.82) is 0 Å². The molecule has 3 aromatic rings. The van der Waals surface area contributed by atoms with Crippen molar-refractivity contribution in [3.63, 3.8) is 0 Å². The first-order valence-electron chi connectivity index (χ1n) is 10.6. The molecule has 8 heteroatoms. The van der Waals surface area contributed by atoms with Gasteiger partial charge in [0, 0.05) is 32.3 Å². The Labute approximate surface area is 196 Å². The van der Waals surface area contributed by atoms with Crippen molar-refractivity contribution in [3.8, 4) is 11.3 Å². The molecule has 1 aliphatic rings. The predicted molar refractivity (Wildman–Crippen MR) is 126 cm³/mol. The monoisotopic (exact) mass is 467 g/mol. The average molecular weight is 468 g/mol. The molecule has 0 saturated carbocycles. The number of hydrogen-bond acceptors (Lipinski definition) is 4. The van der Waals surface area contributed by atoms with Crippen molar-refractivity contribution in [2.75, 3.05) is 38.0 Å². The van der Waals surface area contributed by atoms with Gasteiger partial charge in [-0.2, -0.15) is 0 Å². The maximum atomic E-state index is 13.9. The molecule has 4 rings (SSSR count). The van der Waals surface area contributed by atoms with Crippen molar-refractivity contribution in [1.82, 2.24) is 9.80 Å². The third-order valence-electron chi connectivity index (χ3n) is 5.36. The van der Waals surface area contributed by atoms with Gasteiger partial charge in [-0.05, 0) is 42.5 Å². The summed E-state index contributed by atoms with van der Waals surface area (Å²) in [5.41, 5.74) is 0.956. The molecule has 170 valence electrons. The zero-order chi connectivity index (χ0) is 23.2. The first-order valence-corrected chi connectivity index (χ1v) is 11.0. The van der Waals surface area contributed by atoms with E-state index in [9.17, 15) is 14.0 Å². The molecule has 2 heterocycles. The molecule has 0 radical (unpaired) electrons. The van der Waals surface area contributed by atoms with E-state index < -0.39 is 0 Å². The number of nitrogens with one attached hydrogen (secondary N) is 1. The Morgan fingerprint density at radius 1 is 1.00 bits per heavy atom. The van der Waals surface area contributed by atoms with E-state index in [4.69, 9.17) is 16.0 Å². The van der Waals surface area contributed by atoms with Gasteiger partial charge in [-0.1, -0.05) is 35.9 Å². The molecule has 0 unspecified atom stereocenters. The molecule has 0 bridgehead atoms. The zero-order valence-corrected chi connectivity index (χ0v) is 18.6. The summed E-state index contributed by atoms with van der Waals surface area (Å²) in [6.45, 7) is 2.44. The van der Waals surface area contributed by atoms with E-state index in [-0.39, 0.29) is 24.2 Å². The van der Waals surface area contributed by atoms with E-state index in [1.54, 1.807) is 59.5 Å². The van der Waals surface area contributed by atoms with Gasteiger partial charge in [0.15, 0.2) is 0 Å². The number of nitrogens with zero attached hydrogens (tertiary/aromatic N) is 2. The summed E-state index contributed by atoms with van der Waals surface area (Å²) in [5, 5.41) is 3.30. The topological polar surface area (TPSA) is 65.8 Å². The molecule has 0 aliphatic carbocycles. The fourth-order valence-electron chi connectivity index (χ4n) is 3.59. The second-order valence-electron chi connectivity index (χ2n) is 7.64. The number of furan rings is 1. The van der Waals surface area contributed by atoms with Crippen molar-refractivity contribution >= 4 is 35.2 Å². The number of piperazine rings is 1. The normalized spacial score (nSPS) is 14.5. The fraction of sp³-hybridized carbons (Fsp3) is 0.200. The summed E-state index contributed by atoms with van der Waals surface area (Å²) in [7, 11) is 0. The number of rotatable bonds is 6. The fourth-order valence-corrected chi connectivity index (χ4v) is 3.77. The Morgan fingerprint density at radius 3 is 2.48 bits per heavy atom.